The monoisotopic (exact) mass is 267 g/mol. The quantitative estimate of drug-likeness (QED) is 0.822. The molecule has 0 atom stereocenters. The Bertz CT molecular complexity index is 407. The fourth-order valence-electron chi connectivity index (χ4n) is 2.32. The van der Waals surface area contributed by atoms with Crippen LogP contribution in [0.3, 0.4) is 0 Å². The van der Waals surface area contributed by atoms with Gasteiger partial charge in [0.25, 0.3) is 0 Å². The minimum atomic E-state index is -0.410. The number of aliphatic hydroxyl groups is 1. The maximum atomic E-state index is 11.5. The van der Waals surface area contributed by atoms with E-state index < -0.39 is 5.97 Å². The number of hydrogen-bond acceptors (Lipinski definition) is 5. The zero-order valence-electron chi connectivity index (χ0n) is 11.3. The molecule has 1 aromatic rings. The second-order valence-corrected chi connectivity index (χ2v) is 4.89. The lowest BCUT2D eigenvalue weighted by molar-refractivity contribution is 0.0484. The topological polar surface area (TPSA) is 62.9 Å². The van der Waals surface area contributed by atoms with E-state index in [9.17, 15) is 4.79 Å². The minimum absolute atomic E-state index is 0.266. The number of esters is 1. The molecular formula is C14H21NO4. The van der Waals surface area contributed by atoms with Crippen LogP contribution in [0.1, 0.15) is 36.1 Å². The van der Waals surface area contributed by atoms with Crippen molar-refractivity contribution < 1.29 is 19.1 Å². The predicted octanol–water partition coefficient (Wildman–Crippen LogP) is 1.66. The Labute approximate surface area is 113 Å². The van der Waals surface area contributed by atoms with E-state index in [0.717, 1.165) is 31.7 Å². The van der Waals surface area contributed by atoms with Gasteiger partial charge in [0.1, 0.15) is 5.76 Å². The van der Waals surface area contributed by atoms with Crippen molar-refractivity contribution >= 4 is 5.97 Å². The summed E-state index contributed by atoms with van der Waals surface area (Å²) in [6.45, 7) is 5.02. The number of hydrogen-bond donors (Lipinski definition) is 1. The molecule has 2 rings (SSSR count). The molecule has 0 radical (unpaired) electrons. The van der Waals surface area contributed by atoms with Gasteiger partial charge in [-0.2, -0.15) is 0 Å². The second-order valence-electron chi connectivity index (χ2n) is 4.89. The number of aliphatic hydroxyl groups excluding tert-OH is 1. The molecule has 1 aliphatic heterocycles. The molecule has 0 amide bonds. The molecule has 1 saturated heterocycles. The molecule has 5 heteroatoms. The molecule has 0 unspecified atom stereocenters. The molecule has 2 heterocycles. The van der Waals surface area contributed by atoms with Crippen molar-refractivity contribution in [3.05, 3.63) is 23.7 Å². The summed E-state index contributed by atoms with van der Waals surface area (Å²) in [7, 11) is 0. The summed E-state index contributed by atoms with van der Waals surface area (Å²) < 4.78 is 10.4. The van der Waals surface area contributed by atoms with Crippen molar-refractivity contribution in [2.75, 3.05) is 26.3 Å². The molecule has 5 nitrogen and oxygen atoms in total. The number of likely N-dealkylation sites (tertiary alicyclic amines) is 1. The summed E-state index contributed by atoms with van der Waals surface area (Å²) in [6, 6.07) is 3.48. The highest BCUT2D eigenvalue weighted by molar-refractivity contribution is 5.86. The molecule has 1 N–H and O–H groups in total. The van der Waals surface area contributed by atoms with E-state index in [1.807, 2.05) is 6.07 Å². The number of carbonyl (C=O) groups excluding carboxylic acids is 1. The van der Waals surface area contributed by atoms with Gasteiger partial charge in [-0.3, -0.25) is 4.90 Å². The zero-order chi connectivity index (χ0) is 13.7. The number of piperidine rings is 1. The molecule has 0 saturated carbocycles. The summed E-state index contributed by atoms with van der Waals surface area (Å²) >= 11 is 0. The largest absolute Gasteiger partial charge is 0.460 e. The van der Waals surface area contributed by atoms with E-state index >= 15 is 0 Å². The van der Waals surface area contributed by atoms with Gasteiger partial charge in [-0.15, -0.1) is 0 Å². The van der Waals surface area contributed by atoms with Gasteiger partial charge in [0, 0.05) is 6.61 Å². The number of furan rings is 1. The van der Waals surface area contributed by atoms with E-state index in [1.165, 1.54) is 0 Å². The first-order valence-corrected chi connectivity index (χ1v) is 6.82. The van der Waals surface area contributed by atoms with E-state index in [0.29, 0.717) is 19.1 Å². The Morgan fingerprint density at radius 1 is 1.47 bits per heavy atom. The molecule has 1 aliphatic rings. The third kappa shape index (κ3) is 3.81. The molecule has 1 fully saturated rings. The number of rotatable bonds is 5. The Hall–Kier alpha value is -1.33. The fourth-order valence-corrected chi connectivity index (χ4v) is 2.32. The fraction of sp³-hybridized carbons (Fsp3) is 0.643. The maximum Gasteiger partial charge on any atom is 0.374 e. The van der Waals surface area contributed by atoms with Gasteiger partial charge < -0.3 is 14.3 Å². The van der Waals surface area contributed by atoms with Crippen LogP contribution in [0.5, 0.6) is 0 Å². The number of ether oxygens (including phenoxy) is 1. The van der Waals surface area contributed by atoms with Gasteiger partial charge in [-0.25, -0.2) is 4.79 Å². The molecule has 106 valence electrons. The van der Waals surface area contributed by atoms with E-state index in [-0.39, 0.29) is 12.4 Å². The average Bonchev–Trinajstić information content (AvgIpc) is 2.88. The zero-order valence-corrected chi connectivity index (χ0v) is 11.3. The number of carbonyl (C=O) groups is 1. The van der Waals surface area contributed by atoms with E-state index in [4.69, 9.17) is 14.3 Å². The first-order chi connectivity index (χ1) is 9.22. The highest BCUT2D eigenvalue weighted by atomic mass is 16.5. The summed E-state index contributed by atoms with van der Waals surface area (Å²) in [4.78, 5) is 13.8. The minimum Gasteiger partial charge on any atom is -0.460 e. The third-order valence-corrected chi connectivity index (χ3v) is 3.48. The van der Waals surface area contributed by atoms with Gasteiger partial charge in [-0.1, -0.05) is 0 Å². The highest BCUT2D eigenvalue weighted by Gasteiger charge is 2.20. The summed E-state index contributed by atoms with van der Waals surface area (Å²) in [6.07, 6.45) is 2.03. The van der Waals surface area contributed by atoms with Gasteiger partial charge in [0.15, 0.2) is 0 Å². The highest BCUT2D eigenvalue weighted by Crippen LogP contribution is 2.19. The molecular weight excluding hydrogens is 246 g/mol. The SMILES string of the molecule is CCOC(=O)c1ccc(CN2CCC(CO)CC2)o1. The molecule has 19 heavy (non-hydrogen) atoms. The predicted molar refractivity (Wildman–Crippen MR) is 69.8 cm³/mol. The van der Waals surface area contributed by atoms with Crippen LogP contribution in [0.2, 0.25) is 0 Å². The molecule has 0 aromatic carbocycles. The second kappa shape index (κ2) is 6.73. The van der Waals surface area contributed by atoms with Crippen LogP contribution in [-0.4, -0.2) is 42.3 Å². The Morgan fingerprint density at radius 2 is 2.21 bits per heavy atom. The lowest BCUT2D eigenvalue weighted by Crippen LogP contribution is -2.34. The molecule has 0 aliphatic carbocycles. The molecule has 0 spiro atoms. The van der Waals surface area contributed by atoms with Crippen molar-refractivity contribution in [3.63, 3.8) is 0 Å². The van der Waals surface area contributed by atoms with Gasteiger partial charge in [0.05, 0.1) is 13.2 Å². The Morgan fingerprint density at radius 3 is 2.84 bits per heavy atom. The lowest BCUT2D eigenvalue weighted by Gasteiger charge is -2.30. The third-order valence-electron chi connectivity index (χ3n) is 3.48. The van der Waals surface area contributed by atoms with Crippen molar-refractivity contribution in [1.29, 1.82) is 0 Å². The first kappa shape index (κ1) is 14.1. The van der Waals surface area contributed by atoms with E-state index in [1.54, 1.807) is 13.0 Å². The van der Waals surface area contributed by atoms with Crippen LogP contribution >= 0.6 is 0 Å². The summed E-state index contributed by atoms with van der Waals surface area (Å²) in [5, 5.41) is 9.09. The van der Waals surface area contributed by atoms with E-state index in [2.05, 4.69) is 4.90 Å². The maximum absolute atomic E-state index is 11.5. The van der Waals surface area contributed by atoms with Crippen molar-refractivity contribution in [2.24, 2.45) is 5.92 Å². The first-order valence-electron chi connectivity index (χ1n) is 6.82. The molecule has 0 bridgehead atoms. The summed E-state index contributed by atoms with van der Waals surface area (Å²) in [5.74, 6) is 1.07. The lowest BCUT2D eigenvalue weighted by atomic mass is 9.98. The van der Waals surface area contributed by atoms with Crippen LogP contribution < -0.4 is 0 Å². The smallest absolute Gasteiger partial charge is 0.374 e. The Kier molecular flexibility index (Phi) is 4.99. The standard InChI is InChI=1S/C14H21NO4/c1-2-18-14(17)13-4-3-12(19-13)9-15-7-5-11(10-16)6-8-15/h3-4,11,16H,2,5-10H2,1H3. The van der Waals surface area contributed by atoms with Crippen molar-refractivity contribution in [2.45, 2.75) is 26.3 Å². The van der Waals surface area contributed by atoms with Crippen LogP contribution in [0.4, 0.5) is 0 Å². The molecule has 1 aromatic heterocycles. The summed E-state index contributed by atoms with van der Waals surface area (Å²) in [5.41, 5.74) is 0. The normalized spacial score (nSPS) is 17.6. The Balaban J connectivity index is 1.85. The van der Waals surface area contributed by atoms with Gasteiger partial charge >= 0.3 is 5.97 Å². The van der Waals surface area contributed by atoms with Crippen molar-refractivity contribution in [3.8, 4) is 0 Å². The van der Waals surface area contributed by atoms with Gasteiger partial charge in [0.2, 0.25) is 5.76 Å². The number of nitrogens with zero attached hydrogens (tertiary/aromatic N) is 1. The van der Waals surface area contributed by atoms with Crippen LogP contribution in [-0.2, 0) is 11.3 Å². The van der Waals surface area contributed by atoms with Gasteiger partial charge in [-0.05, 0) is 50.9 Å². The average molecular weight is 267 g/mol. The van der Waals surface area contributed by atoms with Crippen LogP contribution in [0.25, 0.3) is 0 Å². The van der Waals surface area contributed by atoms with Crippen molar-refractivity contribution in [1.82, 2.24) is 4.90 Å². The van der Waals surface area contributed by atoms with Crippen LogP contribution in [0.15, 0.2) is 16.5 Å². The van der Waals surface area contributed by atoms with Crippen LogP contribution in [0, 0.1) is 5.92 Å².